The molecule has 0 spiro atoms. The Morgan fingerprint density at radius 1 is 1.38 bits per heavy atom. The van der Waals surface area contributed by atoms with Crippen LogP contribution in [0.1, 0.15) is 18.4 Å². The second-order valence-corrected chi connectivity index (χ2v) is 4.08. The fourth-order valence-electron chi connectivity index (χ4n) is 2.16. The molecule has 1 atom stereocenters. The topological polar surface area (TPSA) is 49.3 Å². The van der Waals surface area contributed by atoms with Crippen LogP contribution in [0, 0.1) is 0 Å². The average molecular weight is 242 g/mol. The first kappa shape index (κ1) is 13.0. The van der Waals surface area contributed by atoms with E-state index in [1.54, 1.807) is 0 Å². The van der Waals surface area contributed by atoms with Gasteiger partial charge in [0.2, 0.25) is 0 Å². The minimum absolute atomic E-state index is 0. The maximum atomic E-state index is 11.3. The van der Waals surface area contributed by atoms with Crippen molar-refractivity contribution in [2.75, 3.05) is 6.54 Å². The molecule has 16 heavy (non-hydrogen) atoms. The molecule has 0 radical (unpaired) electrons. The van der Waals surface area contributed by atoms with Crippen molar-refractivity contribution < 1.29 is 9.90 Å². The molecule has 1 fully saturated rings. The van der Waals surface area contributed by atoms with E-state index in [2.05, 4.69) is 5.32 Å². The van der Waals surface area contributed by atoms with Crippen LogP contribution < -0.4 is 5.32 Å². The summed E-state index contributed by atoms with van der Waals surface area (Å²) >= 11 is 0. The molecular formula is C12H16ClNO2. The Labute approximate surface area is 101 Å². The number of hydrogen-bond donors (Lipinski definition) is 2. The number of carboxylic acid groups (broad SMARTS) is 1. The van der Waals surface area contributed by atoms with E-state index in [4.69, 9.17) is 0 Å². The van der Waals surface area contributed by atoms with Gasteiger partial charge in [0.05, 0.1) is 0 Å². The summed E-state index contributed by atoms with van der Waals surface area (Å²) in [6, 6.07) is 9.79. The number of benzene rings is 1. The highest BCUT2D eigenvalue weighted by atomic mass is 35.5. The minimum Gasteiger partial charge on any atom is -0.480 e. The summed E-state index contributed by atoms with van der Waals surface area (Å²) in [5.41, 5.74) is 0.343. The van der Waals surface area contributed by atoms with Crippen LogP contribution in [-0.4, -0.2) is 23.2 Å². The van der Waals surface area contributed by atoms with E-state index in [1.165, 1.54) is 0 Å². The first-order valence-corrected chi connectivity index (χ1v) is 5.25. The van der Waals surface area contributed by atoms with Crippen molar-refractivity contribution in [1.82, 2.24) is 5.32 Å². The lowest BCUT2D eigenvalue weighted by atomic mass is 9.89. The first-order chi connectivity index (χ1) is 7.23. The Balaban J connectivity index is 0.00000128. The smallest absolute Gasteiger partial charge is 0.324 e. The van der Waals surface area contributed by atoms with Crippen molar-refractivity contribution in [1.29, 1.82) is 0 Å². The normalized spacial score (nSPS) is 23.8. The second kappa shape index (κ2) is 5.32. The van der Waals surface area contributed by atoms with Gasteiger partial charge in [0, 0.05) is 6.42 Å². The van der Waals surface area contributed by atoms with Gasteiger partial charge in [0.15, 0.2) is 0 Å². The van der Waals surface area contributed by atoms with Crippen LogP contribution in [-0.2, 0) is 11.2 Å². The highest BCUT2D eigenvalue weighted by molar-refractivity contribution is 5.85. The van der Waals surface area contributed by atoms with Gasteiger partial charge in [-0.05, 0) is 24.9 Å². The monoisotopic (exact) mass is 241 g/mol. The summed E-state index contributed by atoms with van der Waals surface area (Å²) in [6.45, 7) is 0.805. The van der Waals surface area contributed by atoms with Crippen molar-refractivity contribution in [3.05, 3.63) is 35.9 Å². The summed E-state index contributed by atoms with van der Waals surface area (Å²) in [5, 5.41) is 12.4. The van der Waals surface area contributed by atoms with Gasteiger partial charge >= 0.3 is 5.97 Å². The van der Waals surface area contributed by atoms with E-state index in [0.717, 1.165) is 24.9 Å². The Hall–Kier alpha value is -1.06. The molecule has 1 heterocycles. The van der Waals surface area contributed by atoms with Crippen LogP contribution in [0.15, 0.2) is 30.3 Å². The summed E-state index contributed by atoms with van der Waals surface area (Å²) < 4.78 is 0. The molecule has 88 valence electrons. The summed E-state index contributed by atoms with van der Waals surface area (Å²) in [6.07, 6.45) is 2.24. The molecule has 1 aliphatic rings. The van der Waals surface area contributed by atoms with E-state index in [9.17, 15) is 9.90 Å². The number of carbonyl (C=O) groups is 1. The quantitative estimate of drug-likeness (QED) is 0.849. The second-order valence-electron chi connectivity index (χ2n) is 4.08. The van der Waals surface area contributed by atoms with Crippen molar-refractivity contribution >= 4 is 18.4 Å². The first-order valence-electron chi connectivity index (χ1n) is 5.25. The maximum Gasteiger partial charge on any atom is 0.324 e. The van der Waals surface area contributed by atoms with Gasteiger partial charge in [0.1, 0.15) is 5.54 Å². The molecule has 3 nitrogen and oxygen atoms in total. The van der Waals surface area contributed by atoms with Gasteiger partial charge in [-0.15, -0.1) is 12.4 Å². The molecule has 1 saturated heterocycles. The Kier molecular flexibility index (Phi) is 4.33. The molecular weight excluding hydrogens is 226 g/mol. The molecule has 0 unspecified atom stereocenters. The summed E-state index contributed by atoms with van der Waals surface area (Å²) in [7, 11) is 0. The number of halogens is 1. The standard InChI is InChI=1S/C12H15NO2.ClH/c14-11(15)12(7-4-8-13-12)9-10-5-2-1-3-6-10;/h1-3,5-6,13H,4,7-9H2,(H,14,15);1H/t12-;/m1./s1. The third-order valence-electron chi connectivity index (χ3n) is 3.00. The third kappa shape index (κ3) is 2.54. The zero-order valence-electron chi connectivity index (χ0n) is 8.98. The summed E-state index contributed by atoms with van der Waals surface area (Å²) in [4.78, 5) is 11.3. The van der Waals surface area contributed by atoms with Gasteiger partial charge in [-0.3, -0.25) is 4.79 Å². The van der Waals surface area contributed by atoms with Crippen LogP contribution in [0.4, 0.5) is 0 Å². The van der Waals surface area contributed by atoms with Crippen LogP contribution in [0.5, 0.6) is 0 Å². The number of carboxylic acids is 1. The van der Waals surface area contributed by atoms with Crippen LogP contribution in [0.3, 0.4) is 0 Å². The molecule has 0 amide bonds. The molecule has 1 aromatic carbocycles. The Bertz CT molecular complexity index is 347. The van der Waals surface area contributed by atoms with E-state index >= 15 is 0 Å². The molecule has 0 saturated carbocycles. The van der Waals surface area contributed by atoms with Gasteiger partial charge in [-0.2, -0.15) is 0 Å². The van der Waals surface area contributed by atoms with Crippen molar-refractivity contribution in [3.8, 4) is 0 Å². The highest BCUT2D eigenvalue weighted by Crippen LogP contribution is 2.24. The SMILES string of the molecule is Cl.O=C(O)[C@]1(Cc2ccccc2)CCCN1. The third-order valence-corrected chi connectivity index (χ3v) is 3.00. The number of aliphatic carboxylic acids is 1. The lowest BCUT2D eigenvalue weighted by Gasteiger charge is -2.24. The molecule has 4 heteroatoms. The predicted octanol–water partition coefficient (Wildman–Crippen LogP) is 1.86. The van der Waals surface area contributed by atoms with E-state index < -0.39 is 11.5 Å². The number of rotatable bonds is 3. The fourth-order valence-corrected chi connectivity index (χ4v) is 2.16. The Morgan fingerprint density at radius 2 is 2.06 bits per heavy atom. The van der Waals surface area contributed by atoms with Crippen LogP contribution >= 0.6 is 12.4 Å². The molecule has 1 aliphatic heterocycles. The van der Waals surface area contributed by atoms with Gasteiger partial charge < -0.3 is 10.4 Å². The maximum absolute atomic E-state index is 11.3. The molecule has 0 aliphatic carbocycles. The molecule has 0 aromatic heterocycles. The lowest BCUT2D eigenvalue weighted by molar-refractivity contribution is -0.144. The number of nitrogens with one attached hydrogen (secondary N) is 1. The largest absolute Gasteiger partial charge is 0.480 e. The van der Waals surface area contributed by atoms with Crippen molar-refractivity contribution in [2.45, 2.75) is 24.8 Å². The molecule has 2 rings (SSSR count). The van der Waals surface area contributed by atoms with Crippen LogP contribution in [0.25, 0.3) is 0 Å². The van der Waals surface area contributed by atoms with Gasteiger partial charge in [-0.1, -0.05) is 30.3 Å². The van der Waals surface area contributed by atoms with Crippen molar-refractivity contribution in [2.24, 2.45) is 0 Å². The molecule has 2 N–H and O–H groups in total. The van der Waals surface area contributed by atoms with Gasteiger partial charge in [-0.25, -0.2) is 0 Å². The lowest BCUT2D eigenvalue weighted by Crippen LogP contribution is -2.49. The van der Waals surface area contributed by atoms with Crippen LogP contribution in [0.2, 0.25) is 0 Å². The predicted molar refractivity (Wildman–Crippen MR) is 65.0 cm³/mol. The van der Waals surface area contributed by atoms with E-state index in [-0.39, 0.29) is 12.4 Å². The zero-order chi connectivity index (χ0) is 10.7. The van der Waals surface area contributed by atoms with Crippen molar-refractivity contribution in [3.63, 3.8) is 0 Å². The van der Waals surface area contributed by atoms with E-state index in [0.29, 0.717) is 6.42 Å². The zero-order valence-corrected chi connectivity index (χ0v) is 9.80. The Morgan fingerprint density at radius 3 is 2.56 bits per heavy atom. The number of hydrogen-bond acceptors (Lipinski definition) is 2. The molecule has 0 bridgehead atoms. The van der Waals surface area contributed by atoms with E-state index in [1.807, 2.05) is 30.3 Å². The van der Waals surface area contributed by atoms with Gasteiger partial charge in [0.25, 0.3) is 0 Å². The average Bonchev–Trinajstić information content (AvgIpc) is 2.69. The fraction of sp³-hybridized carbons (Fsp3) is 0.417. The summed E-state index contributed by atoms with van der Waals surface area (Å²) in [5.74, 6) is -0.733. The minimum atomic E-state index is -0.735. The molecule has 1 aromatic rings. The highest BCUT2D eigenvalue weighted by Gasteiger charge is 2.40.